The molecule has 1 heterocycles. The average Bonchev–Trinajstić information content (AvgIpc) is 2.06. The topological polar surface area (TPSA) is 38.0 Å². The minimum absolute atomic E-state index is 0. The minimum atomic E-state index is -0.199. The molecule has 2 rings (SSSR count). The monoisotopic (exact) mass is 232 g/mol. The van der Waals surface area contributed by atoms with Crippen LogP contribution in [-0.4, -0.2) is 13.1 Å². The van der Waals surface area contributed by atoms with E-state index in [1.807, 2.05) is 19.1 Å². The van der Waals surface area contributed by atoms with Gasteiger partial charge in [0.1, 0.15) is 0 Å². The summed E-state index contributed by atoms with van der Waals surface area (Å²) in [5.74, 6) is 0. The predicted octanol–water partition coefficient (Wildman–Crippen LogP) is 1.83. The van der Waals surface area contributed by atoms with Crippen LogP contribution in [0.1, 0.15) is 11.1 Å². The molecule has 1 fully saturated rings. The second-order valence-electron chi connectivity index (χ2n) is 3.67. The van der Waals surface area contributed by atoms with E-state index in [-0.39, 0.29) is 17.9 Å². The van der Waals surface area contributed by atoms with Gasteiger partial charge in [-0.1, -0.05) is 23.7 Å². The molecule has 0 amide bonds. The van der Waals surface area contributed by atoms with Crippen molar-refractivity contribution in [1.82, 2.24) is 5.32 Å². The summed E-state index contributed by atoms with van der Waals surface area (Å²) in [6, 6.07) is 5.91. The number of benzene rings is 1. The number of nitrogens with one attached hydrogen (secondary N) is 1. The fraction of sp³-hybridized carbons (Fsp3) is 0.400. The molecule has 0 bridgehead atoms. The Kier molecular flexibility index (Phi) is 3.43. The molecule has 1 aliphatic heterocycles. The number of hydrogen-bond acceptors (Lipinski definition) is 2. The Bertz CT molecular complexity index is 335. The van der Waals surface area contributed by atoms with E-state index in [0.717, 1.165) is 23.7 Å². The molecule has 0 aromatic heterocycles. The molecule has 0 spiro atoms. The molecule has 1 aromatic rings. The molecule has 78 valence electrons. The molecule has 1 aromatic carbocycles. The summed E-state index contributed by atoms with van der Waals surface area (Å²) in [6.45, 7) is 3.70. The molecule has 4 heteroatoms. The summed E-state index contributed by atoms with van der Waals surface area (Å²) in [4.78, 5) is 0. The summed E-state index contributed by atoms with van der Waals surface area (Å²) in [6.07, 6.45) is 0. The van der Waals surface area contributed by atoms with Crippen LogP contribution in [0.2, 0.25) is 5.02 Å². The predicted molar refractivity (Wildman–Crippen MR) is 62.2 cm³/mol. The first-order valence-corrected chi connectivity index (χ1v) is 4.76. The van der Waals surface area contributed by atoms with Crippen molar-refractivity contribution in [3.05, 3.63) is 34.3 Å². The number of hydrogen-bond donors (Lipinski definition) is 2. The van der Waals surface area contributed by atoms with Crippen LogP contribution in [0, 0.1) is 6.92 Å². The molecule has 0 atom stereocenters. The highest BCUT2D eigenvalue weighted by Gasteiger charge is 2.35. The maximum atomic E-state index is 6.17. The van der Waals surface area contributed by atoms with Gasteiger partial charge in [0, 0.05) is 18.1 Å². The third kappa shape index (κ3) is 1.75. The Morgan fingerprint density at radius 2 is 2.07 bits per heavy atom. The SMILES string of the molecule is Cc1c(Cl)cccc1C1(N)CNC1.Cl. The number of rotatable bonds is 1. The zero-order valence-corrected chi connectivity index (χ0v) is 9.58. The van der Waals surface area contributed by atoms with Crippen LogP contribution in [0.25, 0.3) is 0 Å². The van der Waals surface area contributed by atoms with E-state index in [9.17, 15) is 0 Å². The number of halogens is 2. The van der Waals surface area contributed by atoms with Crippen molar-refractivity contribution in [2.75, 3.05) is 13.1 Å². The highest BCUT2D eigenvalue weighted by atomic mass is 35.5. The lowest BCUT2D eigenvalue weighted by atomic mass is 9.83. The molecular weight excluding hydrogens is 219 g/mol. The van der Waals surface area contributed by atoms with Crippen LogP contribution >= 0.6 is 24.0 Å². The summed E-state index contributed by atoms with van der Waals surface area (Å²) < 4.78 is 0. The molecule has 0 aliphatic carbocycles. The van der Waals surface area contributed by atoms with Crippen molar-refractivity contribution in [3.63, 3.8) is 0 Å². The van der Waals surface area contributed by atoms with Crippen molar-refractivity contribution in [1.29, 1.82) is 0 Å². The molecule has 1 saturated heterocycles. The van der Waals surface area contributed by atoms with Gasteiger partial charge in [-0.3, -0.25) is 0 Å². The molecule has 0 unspecified atom stereocenters. The first kappa shape index (κ1) is 11.8. The highest BCUT2D eigenvalue weighted by molar-refractivity contribution is 6.31. The summed E-state index contributed by atoms with van der Waals surface area (Å²) in [5, 5.41) is 3.98. The quantitative estimate of drug-likeness (QED) is 0.776. The van der Waals surface area contributed by atoms with E-state index < -0.39 is 0 Å². The number of nitrogens with two attached hydrogens (primary N) is 1. The third-order valence-corrected chi connectivity index (χ3v) is 3.09. The lowest BCUT2D eigenvalue weighted by Crippen LogP contribution is -2.63. The summed E-state index contributed by atoms with van der Waals surface area (Å²) >= 11 is 6.02. The van der Waals surface area contributed by atoms with E-state index in [0.29, 0.717) is 0 Å². The van der Waals surface area contributed by atoms with Crippen molar-refractivity contribution < 1.29 is 0 Å². The van der Waals surface area contributed by atoms with Crippen LogP contribution in [0.15, 0.2) is 18.2 Å². The maximum absolute atomic E-state index is 6.17. The van der Waals surface area contributed by atoms with Crippen molar-refractivity contribution >= 4 is 24.0 Å². The largest absolute Gasteiger partial charge is 0.319 e. The van der Waals surface area contributed by atoms with Gasteiger partial charge < -0.3 is 11.1 Å². The summed E-state index contributed by atoms with van der Waals surface area (Å²) in [5.41, 5.74) is 8.24. The first-order chi connectivity index (χ1) is 6.13. The lowest BCUT2D eigenvalue weighted by Gasteiger charge is -2.40. The Morgan fingerprint density at radius 3 is 2.57 bits per heavy atom. The van der Waals surface area contributed by atoms with Crippen LogP contribution in [-0.2, 0) is 5.54 Å². The Morgan fingerprint density at radius 1 is 1.43 bits per heavy atom. The van der Waals surface area contributed by atoms with Gasteiger partial charge in [0.15, 0.2) is 0 Å². The average molecular weight is 233 g/mol. The van der Waals surface area contributed by atoms with E-state index in [1.165, 1.54) is 5.56 Å². The smallest absolute Gasteiger partial charge is 0.0665 e. The molecule has 2 nitrogen and oxygen atoms in total. The van der Waals surface area contributed by atoms with Gasteiger partial charge in [0.05, 0.1) is 5.54 Å². The summed E-state index contributed by atoms with van der Waals surface area (Å²) in [7, 11) is 0. The second kappa shape index (κ2) is 4.07. The normalized spacial score (nSPS) is 18.2. The lowest BCUT2D eigenvalue weighted by molar-refractivity contribution is 0.286. The fourth-order valence-electron chi connectivity index (χ4n) is 1.73. The Balaban J connectivity index is 0.000000980. The highest BCUT2D eigenvalue weighted by Crippen LogP contribution is 2.29. The van der Waals surface area contributed by atoms with Crippen molar-refractivity contribution in [2.45, 2.75) is 12.5 Å². The van der Waals surface area contributed by atoms with Crippen LogP contribution in [0.5, 0.6) is 0 Å². The van der Waals surface area contributed by atoms with E-state index in [2.05, 4.69) is 11.4 Å². The van der Waals surface area contributed by atoms with Gasteiger partial charge in [-0.05, 0) is 24.1 Å². The minimum Gasteiger partial charge on any atom is -0.319 e. The Hall–Kier alpha value is -0.280. The van der Waals surface area contributed by atoms with Crippen LogP contribution in [0.4, 0.5) is 0 Å². The zero-order chi connectivity index (χ0) is 9.47. The van der Waals surface area contributed by atoms with Crippen LogP contribution < -0.4 is 11.1 Å². The zero-order valence-electron chi connectivity index (χ0n) is 8.01. The molecular formula is C10H14Cl2N2. The van der Waals surface area contributed by atoms with Gasteiger partial charge in [-0.15, -0.1) is 12.4 Å². The van der Waals surface area contributed by atoms with E-state index in [4.69, 9.17) is 17.3 Å². The van der Waals surface area contributed by atoms with Crippen LogP contribution in [0.3, 0.4) is 0 Å². The van der Waals surface area contributed by atoms with E-state index >= 15 is 0 Å². The maximum Gasteiger partial charge on any atom is 0.0665 e. The molecule has 14 heavy (non-hydrogen) atoms. The van der Waals surface area contributed by atoms with Crippen molar-refractivity contribution in [3.8, 4) is 0 Å². The van der Waals surface area contributed by atoms with Gasteiger partial charge in [0.25, 0.3) is 0 Å². The first-order valence-electron chi connectivity index (χ1n) is 4.39. The molecule has 1 aliphatic rings. The van der Waals surface area contributed by atoms with Gasteiger partial charge in [-0.25, -0.2) is 0 Å². The second-order valence-corrected chi connectivity index (χ2v) is 4.08. The fourth-order valence-corrected chi connectivity index (χ4v) is 1.91. The van der Waals surface area contributed by atoms with Gasteiger partial charge in [-0.2, -0.15) is 0 Å². The third-order valence-electron chi connectivity index (χ3n) is 2.68. The molecule has 0 radical (unpaired) electrons. The van der Waals surface area contributed by atoms with Crippen molar-refractivity contribution in [2.24, 2.45) is 5.73 Å². The standard InChI is InChI=1S/C10H13ClN2.ClH/c1-7-8(3-2-4-9(7)11)10(12)5-13-6-10;/h2-4,13H,5-6,12H2,1H3;1H. The Labute approximate surface area is 95.2 Å². The molecule has 0 saturated carbocycles. The van der Waals surface area contributed by atoms with E-state index in [1.54, 1.807) is 0 Å². The molecule has 3 N–H and O–H groups in total. The van der Waals surface area contributed by atoms with Gasteiger partial charge in [0.2, 0.25) is 0 Å². The van der Waals surface area contributed by atoms with Gasteiger partial charge >= 0.3 is 0 Å².